The van der Waals surface area contributed by atoms with Gasteiger partial charge in [-0.05, 0) is 23.6 Å². The highest BCUT2D eigenvalue weighted by atomic mass is 32.2. The molecule has 9 heteroatoms. The summed E-state index contributed by atoms with van der Waals surface area (Å²) in [5.41, 5.74) is 5.11. The van der Waals surface area contributed by atoms with Crippen molar-refractivity contribution >= 4 is 32.3 Å². The highest BCUT2D eigenvalue weighted by Gasteiger charge is 2.23. The van der Waals surface area contributed by atoms with Gasteiger partial charge in [-0.1, -0.05) is 0 Å². The lowest BCUT2D eigenvalue weighted by Crippen LogP contribution is -2.18. The molecular weight excluding hydrogens is 293 g/mol. The highest BCUT2D eigenvalue weighted by Crippen LogP contribution is 2.25. The maximum Gasteiger partial charge on any atom is 0.283 e. The van der Waals surface area contributed by atoms with Crippen LogP contribution >= 0.6 is 11.3 Å². The third kappa shape index (κ3) is 2.71. The minimum Gasteiger partial charge on any atom is -0.366 e. The van der Waals surface area contributed by atoms with E-state index in [1.807, 2.05) is 0 Å². The number of anilines is 1. The Kier molecular flexibility index (Phi) is 3.49. The molecule has 0 unspecified atom stereocenters. The number of aromatic nitrogens is 1. The Bertz CT molecular complexity index is 727. The largest absolute Gasteiger partial charge is 0.366 e. The van der Waals surface area contributed by atoms with Gasteiger partial charge in [-0.15, -0.1) is 11.3 Å². The summed E-state index contributed by atoms with van der Waals surface area (Å²) in [6, 6.07) is 3.62. The molecule has 0 saturated heterocycles. The van der Waals surface area contributed by atoms with Crippen LogP contribution in [0.15, 0.2) is 34.8 Å². The number of nitrogens with one attached hydrogen (secondary N) is 1. The van der Waals surface area contributed by atoms with Gasteiger partial charge in [-0.3, -0.25) is 9.52 Å². The number of nitrogens with two attached hydrogens (primary N) is 1. The van der Waals surface area contributed by atoms with Crippen LogP contribution in [0.2, 0.25) is 0 Å². The number of amides is 1. The van der Waals surface area contributed by atoms with E-state index in [0.717, 1.165) is 23.6 Å². The van der Waals surface area contributed by atoms with Crippen molar-refractivity contribution < 1.29 is 17.6 Å². The molecule has 6 nitrogen and oxygen atoms in total. The molecule has 0 spiro atoms. The molecule has 0 atom stereocenters. The van der Waals surface area contributed by atoms with Crippen molar-refractivity contribution in [3.05, 3.63) is 41.2 Å². The first kappa shape index (κ1) is 13.4. The number of carbonyl (C=O) groups is 1. The Morgan fingerprint density at radius 1 is 1.42 bits per heavy atom. The van der Waals surface area contributed by atoms with Crippen LogP contribution < -0.4 is 10.5 Å². The van der Waals surface area contributed by atoms with Crippen molar-refractivity contribution in [2.45, 2.75) is 5.03 Å². The van der Waals surface area contributed by atoms with Crippen molar-refractivity contribution in [1.82, 2.24) is 4.98 Å². The van der Waals surface area contributed by atoms with Gasteiger partial charge in [-0.25, -0.2) is 9.37 Å². The van der Waals surface area contributed by atoms with Crippen LogP contribution in [-0.2, 0) is 10.0 Å². The lowest BCUT2D eigenvalue weighted by atomic mass is 10.3. The van der Waals surface area contributed by atoms with Crippen LogP contribution in [-0.4, -0.2) is 19.3 Å². The molecule has 0 aliphatic carbocycles. The SMILES string of the molecule is NC(=O)c1ccsc1NS(=O)(=O)c1ncccc1F. The van der Waals surface area contributed by atoms with E-state index in [9.17, 15) is 17.6 Å². The van der Waals surface area contributed by atoms with Crippen LogP contribution in [0.25, 0.3) is 0 Å². The van der Waals surface area contributed by atoms with E-state index in [-0.39, 0.29) is 10.6 Å². The minimum absolute atomic E-state index is 0.0184. The summed E-state index contributed by atoms with van der Waals surface area (Å²) in [6.07, 6.45) is 1.15. The highest BCUT2D eigenvalue weighted by molar-refractivity contribution is 7.92. The molecule has 2 aromatic rings. The molecule has 0 aliphatic heterocycles. The van der Waals surface area contributed by atoms with E-state index in [4.69, 9.17) is 5.73 Å². The average molecular weight is 301 g/mol. The van der Waals surface area contributed by atoms with E-state index in [1.165, 1.54) is 17.5 Å². The van der Waals surface area contributed by atoms with Gasteiger partial charge in [-0.2, -0.15) is 8.42 Å². The third-order valence-electron chi connectivity index (χ3n) is 2.14. The Balaban J connectivity index is 2.40. The summed E-state index contributed by atoms with van der Waals surface area (Å²) in [6.45, 7) is 0. The monoisotopic (exact) mass is 301 g/mol. The Labute approximate surface area is 112 Å². The van der Waals surface area contributed by atoms with Crippen molar-refractivity contribution in [3.63, 3.8) is 0 Å². The Morgan fingerprint density at radius 2 is 2.16 bits per heavy atom. The first-order valence-corrected chi connectivity index (χ1v) is 7.29. The number of thiophene rings is 1. The second-order valence-electron chi connectivity index (χ2n) is 3.42. The molecule has 3 N–H and O–H groups in total. The first-order valence-electron chi connectivity index (χ1n) is 4.92. The number of rotatable bonds is 4. The second-order valence-corrected chi connectivity index (χ2v) is 5.94. The van der Waals surface area contributed by atoms with Gasteiger partial charge in [0.1, 0.15) is 5.00 Å². The number of pyridine rings is 1. The first-order chi connectivity index (χ1) is 8.92. The van der Waals surface area contributed by atoms with Crippen molar-refractivity contribution in [2.24, 2.45) is 5.73 Å². The molecule has 0 bridgehead atoms. The summed E-state index contributed by atoms with van der Waals surface area (Å²) in [4.78, 5) is 14.5. The average Bonchev–Trinajstić information content (AvgIpc) is 2.76. The van der Waals surface area contributed by atoms with E-state index in [0.29, 0.717) is 0 Å². The smallest absolute Gasteiger partial charge is 0.283 e. The number of sulfonamides is 1. The number of hydrogen-bond donors (Lipinski definition) is 2. The predicted octanol–water partition coefficient (Wildman–Crippen LogP) is 1.18. The van der Waals surface area contributed by atoms with Gasteiger partial charge in [0, 0.05) is 6.20 Å². The number of nitrogens with zero attached hydrogens (tertiary/aromatic N) is 1. The van der Waals surface area contributed by atoms with Crippen LogP contribution in [0.5, 0.6) is 0 Å². The molecule has 0 radical (unpaired) electrons. The van der Waals surface area contributed by atoms with E-state index < -0.39 is 26.8 Å². The van der Waals surface area contributed by atoms with Gasteiger partial charge in [0.05, 0.1) is 5.56 Å². The fraction of sp³-hybridized carbons (Fsp3) is 0. The fourth-order valence-corrected chi connectivity index (χ4v) is 3.45. The quantitative estimate of drug-likeness (QED) is 0.885. The summed E-state index contributed by atoms with van der Waals surface area (Å²) in [5.74, 6) is -1.76. The molecule has 19 heavy (non-hydrogen) atoms. The van der Waals surface area contributed by atoms with Gasteiger partial charge in [0.15, 0.2) is 5.82 Å². The van der Waals surface area contributed by atoms with Crippen LogP contribution in [0.4, 0.5) is 9.39 Å². The summed E-state index contributed by atoms with van der Waals surface area (Å²) in [5, 5.41) is 0.781. The molecule has 0 aliphatic rings. The zero-order valence-corrected chi connectivity index (χ0v) is 11.0. The van der Waals surface area contributed by atoms with Gasteiger partial charge < -0.3 is 5.73 Å². The van der Waals surface area contributed by atoms with E-state index >= 15 is 0 Å². The summed E-state index contributed by atoms with van der Waals surface area (Å²) in [7, 11) is -4.20. The Hall–Kier alpha value is -2.00. The number of halogens is 1. The van der Waals surface area contributed by atoms with E-state index in [1.54, 1.807) is 0 Å². The Morgan fingerprint density at radius 3 is 2.79 bits per heavy atom. The molecule has 0 saturated carbocycles. The molecule has 1 amide bonds. The van der Waals surface area contributed by atoms with Gasteiger partial charge in [0.25, 0.3) is 15.9 Å². The molecule has 0 aromatic carbocycles. The fourth-order valence-electron chi connectivity index (χ4n) is 1.32. The van der Waals surface area contributed by atoms with Crippen molar-refractivity contribution in [2.75, 3.05) is 4.72 Å². The van der Waals surface area contributed by atoms with Gasteiger partial charge >= 0.3 is 0 Å². The second kappa shape index (κ2) is 4.94. The maximum absolute atomic E-state index is 13.4. The molecule has 2 aromatic heterocycles. The normalized spacial score (nSPS) is 11.2. The van der Waals surface area contributed by atoms with Gasteiger partial charge in [0.2, 0.25) is 5.03 Å². The predicted molar refractivity (Wildman–Crippen MR) is 67.8 cm³/mol. The number of carbonyl (C=O) groups excluding carboxylic acids is 1. The third-order valence-corrected chi connectivity index (χ3v) is 4.38. The zero-order valence-electron chi connectivity index (χ0n) is 9.33. The van der Waals surface area contributed by atoms with Crippen LogP contribution in [0, 0.1) is 5.82 Å². The zero-order chi connectivity index (χ0) is 14.0. The maximum atomic E-state index is 13.4. The van der Waals surface area contributed by atoms with Crippen LogP contribution in [0.1, 0.15) is 10.4 Å². The summed E-state index contributed by atoms with van der Waals surface area (Å²) < 4.78 is 39.4. The van der Waals surface area contributed by atoms with E-state index in [2.05, 4.69) is 9.71 Å². The number of hydrogen-bond acceptors (Lipinski definition) is 5. The molecular formula is C10H8FN3O3S2. The van der Waals surface area contributed by atoms with Crippen molar-refractivity contribution in [3.8, 4) is 0 Å². The summed E-state index contributed by atoms with van der Waals surface area (Å²) >= 11 is 0.964. The molecule has 2 rings (SSSR count). The minimum atomic E-state index is -4.20. The number of primary amides is 1. The standard InChI is InChI=1S/C10H8FN3O3S2/c11-7-2-1-4-13-10(7)19(16,17)14-9-6(8(12)15)3-5-18-9/h1-5,14H,(H2,12,15). The lowest BCUT2D eigenvalue weighted by molar-refractivity contribution is 0.100. The lowest BCUT2D eigenvalue weighted by Gasteiger charge is -2.07. The van der Waals surface area contributed by atoms with Crippen LogP contribution in [0.3, 0.4) is 0 Å². The molecule has 0 fully saturated rings. The molecule has 2 heterocycles. The molecule has 100 valence electrons. The van der Waals surface area contributed by atoms with Crippen molar-refractivity contribution in [1.29, 1.82) is 0 Å². The topological polar surface area (TPSA) is 102 Å².